The first-order chi connectivity index (χ1) is 7.35. The number of aryl methyl sites for hydroxylation is 1. The third kappa shape index (κ3) is 3.23. The van der Waals surface area contributed by atoms with Crippen LogP contribution in [0.4, 0.5) is 5.69 Å². The number of rotatable bonds is 4. The van der Waals surface area contributed by atoms with Crippen LogP contribution in [0.25, 0.3) is 0 Å². The lowest BCUT2D eigenvalue weighted by molar-refractivity contribution is 0.0940. The summed E-state index contributed by atoms with van der Waals surface area (Å²) < 4.78 is 0. The number of hydrogen-bond acceptors (Lipinski definition) is 3. The fourth-order valence-corrected chi connectivity index (χ4v) is 2.00. The molecule has 0 radical (unpaired) electrons. The Bertz CT molecular complexity index is 363. The van der Waals surface area contributed by atoms with E-state index in [0.29, 0.717) is 17.1 Å². The van der Waals surface area contributed by atoms with Crippen molar-refractivity contribution in [2.75, 3.05) is 12.3 Å². The third-order valence-electron chi connectivity index (χ3n) is 2.86. The van der Waals surface area contributed by atoms with Crippen molar-refractivity contribution in [3.05, 3.63) is 15.8 Å². The second-order valence-corrected chi connectivity index (χ2v) is 6.08. The molecule has 0 fully saturated rings. The van der Waals surface area contributed by atoms with E-state index in [0.717, 1.165) is 11.3 Å². The lowest BCUT2D eigenvalue weighted by Crippen LogP contribution is -2.33. The molecule has 3 nitrogen and oxygen atoms in total. The molecule has 0 atom stereocenters. The summed E-state index contributed by atoms with van der Waals surface area (Å²) in [5.74, 6) is -0.0219. The molecule has 0 spiro atoms. The van der Waals surface area contributed by atoms with Crippen LogP contribution in [-0.2, 0) is 0 Å². The molecule has 1 amide bonds. The normalized spacial score (nSPS) is 11.5. The van der Waals surface area contributed by atoms with Gasteiger partial charge in [-0.05, 0) is 24.8 Å². The molecule has 16 heavy (non-hydrogen) atoms. The standard InChI is InChI=1S/C12H20N2OS/c1-5-12(3,4)7-14-11(15)10-6-9(13)8(2)16-10/h6H,5,7,13H2,1-4H3,(H,14,15). The maximum atomic E-state index is 11.8. The Kier molecular flexibility index (Phi) is 3.97. The average Bonchev–Trinajstić information content (AvgIpc) is 2.56. The zero-order valence-electron chi connectivity index (χ0n) is 10.4. The number of anilines is 1. The molecule has 0 aliphatic rings. The first-order valence-corrected chi connectivity index (χ1v) is 6.31. The second-order valence-electron chi connectivity index (χ2n) is 4.82. The summed E-state index contributed by atoms with van der Waals surface area (Å²) in [7, 11) is 0. The molecule has 0 aliphatic heterocycles. The van der Waals surface area contributed by atoms with Crippen molar-refractivity contribution in [2.24, 2.45) is 5.41 Å². The second kappa shape index (κ2) is 4.87. The summed E-state index contributed by atoms with van der Waals surface area (Å²) in [4.78, 5) is 13.5. The van der Waals surface area contributed by atoms with Crippen LogP contribution in [0.2, 0.25) is 0 Å². The molecule has 3 N–H and O–H groups in total. The Morgan fingerprint density at radius 3 is 2.62 bits per heavy atom. The lowest BCUT2D eigenvalue weighted by Gasteiger charge is -2.22. The Morgan fingerprint density at radius 2 is 2.19 bits per heavy atom. The Hall–Kier alpha value is -1.03. The molecule has 1 rings (SSSR count). The Labute approximate surface area is 101 Å². The van der Waals surface area contributed by atoms with E-state index < -0.39 is 0 Å². The van der Waals surface area contributed by atoms with Gasteiger partial charge in [0.15, 0.2) is 0 Å². The van der Waals surface area contributed by atoms with E-state index in [1.54, 1.807) is 6.07 Å². The van der Waals surface area contributed by atoms with E-state index in [4.69, 9.17) is 5.73 Å². The van der Waals surface area contributed by atoms with Gasteiger partial charge in [-0.25, -0.2) is 0 Å². The maximum absolute atomic E-state index is 11.8. The van der Waals surface area contributed by atoms with E-state index in [9.17, 15) is 4.79 Å². The molecule has 0 aromatic carbocycles. The summed E-state index contributed by atoms with van der Waals surface area (Å²) in [6.07, 6.45) is 1.04. The SMILES string of the molecule is CCC(C)(C)CNC(=O)c1cc(N)c(C)s1. The topological polar surface area (TPSA) is 55.1 Å². The van der Waals surface area contributed by atoms with Crippen LogP contribution in [0.3, 0.4) is 0 Å². The van der Waals surface area contributed by atoms with E-state index in [1.807, 2.05) is 6.92 Å². The largest absolute Gasteiger partial charge is 0.398 e. The lowest BCUT2D eigenvalue weighted by atomic mass is 9.90. The average molecular weight is 240 g/mol. The van der Waals surface area contributed by atoms with Crippen LogP contribution < -0.4 is 11.1 Å². The fraction of sp³-hybridized carbons (Fsp3) is 0.583. The van der Waals surface area contributed by atoms with Gasteiger partial charge < -0.3 is 11.1 Å². The molecule has 1 heterocycles. The van der Waals surface area contributed by atoms with Crippen LogP contribution in [0, 0.1) is 12.3 Å². The van der Waals surface area contributed by atoms with Gasteiger partial charge >= 0.3 is 0 Å². The monoisotopic (exact) mass is 240 g/mol. The molecular formula is C12H20N2OS. The fourth-order valence-electron chi connectivity index (χ4n) is 1.14. The summed E-state index contributed by atoms with van der Waals surface area (Å²) >= 11 is 1.44. The number of amides is 1. The number of nitrogens with one attached hydrogen (secondary N) is 1. The minimum atomic E-state index is -0.0219. The van der Waals surface area contributed by atoms with Gasteiger partial charge in [0.05, 0.1) is 4.88 Å². The van der Waals surface area contributed by atoms with Gasteiger partial charge in [-0.1, -0.05) is 20.8 Å². The highest BCUT2D eigenvalue weighted by Crippen LogP contribution is 2.24. The van der Waals surface area contributed by atoms with Gasteiger partial charge in [0.25, 0.3) is 5.91 Å². The predicted molar refractivity (Wildman–Crippen MR) is 69.9 cm³/mol. The number of thiophene rings is 1. The molecule has 90 valence electrons. The van der Waals surface area contributed by atoms with Gasteiger partial charge in [0, 0.05) is 17.1 Å². The molecular weight excluding hydrogens is 220 g/mol. The van der Waals surface area contributed by atoms with Gasteiger partial charge in [-0.15, -0.1) is 11.3 Å². The predicted octanol–water partition coefficient (Wildman–Crippen LogP) is 2.80. The Morgan fingerprint density at radius 1 is 1.56 bits per heavy atom. The highest BCUT2D eigenvalue weighted by molar-refractivity contribution is 7.14. The molecule has 0 aliphatic carbocycles. The van der Waals surface area contributed by atoms with E-state index >= 15 is 0 Å². The highest BCUT2D eigenvalue weighted by Gasteiger charge is 2.17. The summed E-state index contributed by atoms with van der Waals surface area (Å²) in [5, 5.41) is 2.95. The first-order valence-electron chi connectivity index (χ1n) is 5.50. The molecule has 4 heteroatoms. The van der Waals surface area contributed by atoms with E-state index in [-0.39, 0.29) is 11.3 Å². The number of carbonyl (C=O) groups is 1. The molecule has 1 aromatic heterocycles. The third-order valence-corrected chi connectivity index (χ3v) is 3.93. The van der Waals surface area contributed by atoms with Crippen LogP contribution in [0.15, 0.2) is 6.07 Å². The molecule has 1 aromatic rings. The van der Waals surface area contributed by atoms with Gasteiger partial charge in [0.2, 0.25) is 0 Å². The quantitative estimate of drug-likeness (QED) is 0.850. The summed E-state index contributed by atoms with van der Waals surface area (Å²) in [6, 6.07) is 1.74. The Balaban J connectivity index is 2.60. The number of nitrogens with two attached hydrogens (primary N) is 1. The zero-order chi connectivity index (χ0) is 12.3. The van der Waals surface area contributed by atoms with Crippen molar-refractivity contribution in [2.45, 2.75) is 34.1 Å². The molecule has 0 bridgehead atoms. The van der Waals surface area contributed by atoms with Crippen molar-refractivity contribution < 1.29 is 4.79 Å². The van der Waals surface area contributed by atoms with Crippen molar-refractivity contribution in [3.8, 4) is 0 Å². The smallest absolute Gasteiger partial charge is 0.261 e. The van der Waals surface area contributed by atoms with Gasteiger partial charge in [0.1, 0.15) is 0 Å². The van der Waals surface area contributed by atoms with E-state index in [1.165, 1.54) is 11.3 Å². The van der Waals surface area contributed by atoms with Crippen molar-refractivity contribution in [1.82, 2.24) is 5.32 Å². The molecule has 0 saturated heterocycles. The minimum absolute atomic E-state index is 0.0219. The molecule has 0 saturated carbocycles. The maximum Gasteiger partial charge on any atom is 0.261 e. The minimum Gasteiger partial charge on any atom is -0.398 e. The van der Waals surface area contributed by atoms with Crippen LogP contribution >= 0.6 is 11.3 Å². The molecule has 0 unspecified atom stereocenters. The highest BCUT2D eigenvalue weighted by atomic mass is 32.1. The zero-order valence-corrected chi connectivity index (χ0v) is 11.2. The summed E-state index contributed by atoms with van der Waals surface area (Å²) in [6.45, 7) is 9.02. The number of carbonyl (C=O) groups excluding carboxylic acids is 1. The van der Waals surface area contributed by atoms with Crippen LogP contribution in [0.5, 0.6) is 0 Å². The van der Waals surface area contributed by atoms with Crippen LogP contribution in [0.1, 0.15) is 41.7 Å². The van der Waals surface area contributed by atoms with Gasteiger partial charge in [-0.2, -0.15) is 0 Å². The first kappa shape index (κ1) is 13.0. The van der Waals surface area contributed by atoms with Crippen molar-refractivity contribution in [3.63, 3.8) is 0 Å². The van der Waals surface area contributed by atoms with Crippen LogP contribution in [-0.4, -0.2) is 12.5 Å². The van der Waals surface area contributed by atoms with Gasteiger partial charge in [-0.3, -0.25) is 4.79 Å². The summed E-state index contributed by atoms with van der Waals surface area (Å²) in [5.41, 5.74) is 6.56. The van der Waals surface area contributed by atoms with Crippen molar-refractivity contribution in [1.29, 1.82) is 0 Å². The van der Waals surface area contributed by atoms with E-state index in [2.05, 4.69) is 26.1 Å². The number of hydrogen-bond donors (Lipinski definition) is 2. The number of nitrogen functional groups attached to an aromatic ring is 1. The van der Waals surface area contributed by atoms with Crippen molar-refractivity contribution >= 4 is 22.9 Å².